The predicted molar refractivity (Wildman–Crippen MR) is 117 cm³/mol. The molecule has 3 aromatic rings. The van der Waals surface area contributed by atoms with Gasteiger partial charge in [-0.3, -0.25) is 9.69 Å². The van der Waals surface area contributed by atoms with Crippen molar-refractivity contribution in [2.45, 2.75) is 31.4 Å². The molecule has 1 heterocycles. The Labute approximate surface area is 172 Å². The third-order valence-corrected chi connectivity index (χ3v) is 5.75. The lowest BCUT2D eigenvalue weighted by molar-refractivity contribution is -0.127. The summed E-state index contributed by atoms with van der Waals surface area (Å²) in [5.41, 5.74) is 2.23. The smallest absolute Gasteiger partial charge is 0.241 e. The molecule has 0 bridgehead atoms. The number of carbonyl (C=O) groups excluding carboxylic acids is 1. The molecule has 1 atom stereocenters. The first-order chi connectivity index (χ1) is 14.2. The number of rotatable bonds is 6. The molecule has 1 amide bonds. The minimum Gasteiger partial charge on any atom is -0.393 e. The van der Waals surface area contributed by atoms with Crippen LogP contribution in [-0.2, 0) is 11.2 Å². The number of nitrogens with zero attached hydrogens (tertiary/aromatic N) is 1. The Morgan fingerprint density at radius 3 is 2.41 bits per heavy atom. The van der Waals surface area contributed by atoms with Gasteiger partial charge in [-0.25, -0.2) is 0 Å². The Morgan fingerprint density at radius 2 is 1.66 bits per heavy atom. The molecule has 1 unspecified atom stereocenters. The molecule has 4 nitrogen and oxygen atoms in total. The second-order valence-electron chi connectivity index (χ2n) is 7.80. The van der Waals surface area contributed by atoms with Crippen LogP contribution in [0.5, 0.6) is 0 Å². The molecular weight excluding hydrogens is 360 g/mol. The molecule has 0 saturated carbocycles. The normalized spacial score (nSPS) is 16.6. The highest BCUT2D eigenvalue weighted by Gasteiger charge is 2.30. The van der Waals surface area contributed by atoms with Crippen LogP contribution in [0.4, 0.5) is 0 Å². The largest absolute Gasteiger partial charge is 0.393 e. The summed E-state index contributed by atoms with van der Waals surface area (Å²) >= 11 is 0. The van der Waals surface area contributed by atoms with Crippen LogP contribution in [0.25, 0.3) is 10.8 Å². The lowest BCUT2D eigenvalue weighted by Crippen LogP contribution is -2.45. The van der Waals surface area contributed by atoms with E-state index in [4.69, 9.17) is 0 Å². The number of hydrogen-bond donors (Lipinski definition) is 2. The summed E-state index contributed by atoms with van der Waals surface area (Å²) in [5.74, 6) is 0.0355. The van der Waals surface area contributed by atoms with Crippen LogP contribution in [-0.4, -0.2) is 41.7 Å². The van der Waals surface area contributed by atoms with Gasteiger partial charge in [-0.15, -0.1) is 0 Å². The summed E-state index contributed by atoms with van der Waals surface area (Å²) in [5, 5.41) is 15.4. The monoisotopic (exact) mass is 388 g/mol. The van der Waals surface area contributed by atoms with Gasteiger partial charge in [0.2, 0.25) is 5.91 Å². The maximum atomic E-state index is 13.1. The number of carbonyl (C=O) groups is 1. The molecular formula is C25H28N2O2. The Morgan fingerprint density at radius 1 is 0.966 bits per heavy atom. The average Bonchev–Trinajstić information content (AvgIpc) is 2.76. The van der Waals surface area contributed by atoms with Crippen molar-refractivity contribution in [3.8, 4) is 0 Å². The Hall–Kier alpha value is -2.69. The molecule has 4 heteroatoms. The van der Waals surface area contributed by atoms with E-state index in [2.05, 4.69) is 40.5 Å². The van der Waals surface area contributed by atoms with Gasteiger partial charge in [0, 0.05) is 19.6 Å². The van der Waals surface area contributed by atoms with Crippen LogP contribution >= 0.6 is 0 Å². The zero-order chi connectivity index (χ0) is 20.1. The van der Waals surface area contributed by atoms with Crippen molar-refractivity contribution in [3.63, 3.8) is 0 Å². The van der Waals surface area contributed by atoms with Crippen molar-refractivity contribution in [2.24, 2.45) is 0 Å². The first-order valence-electron chi connectivity index (χ1n) is 10.4. The zero-order valence-electron chi connectivity index (χ0n) is 16.6. The first kappa shape index (κ1) is 19.6. The number of amides is 1. The van der Waals surface area contributed by atoms with E-state index in [0.717, 1.165) is 25.1 Å². The summed E-state index contributed by atoms with van der Waals surface area (Å²) in [7, 11) is 0. The van der Waals surface area contributed by atoms with Crippen molar-refractivity contribution in [2.75, 3.05) is 19.6 Å². The molecule has 0 aromatic heterocycles. The van der Waals surface area contributed by atoms with Crippen LogP contribution < -0.4 is 5.32 Å². The van der Waals surface area contributed by atoms with Gasteiger partial charge in [-0.1, -0.05) is 72.8 Å². The molecule has 0 aliphatic carbocycles. The molecule has 29 heavy (non-hydrogen) atoms. The molecule has 2 N–H and O–H groups in total. The second-order valence-corrected chi connectivity index (χ2v) is 7.80. The van der Waals surface area contributed by atoms with Gasteiger partial charge in [-0.05, 0) is 41.2 Å². The van der Waals surface area contributed by atoms with Gasteiger partial charge >= 0.3 is 0 Å². The van der Waals surface area contributed by atoms with Gasteiger partial charge in [0.15, 0.2) is 0 Å². The third kappa shape index (κ3) is 4.84. The first-order valence-corrected chi connectivity index (χ1v) is 10.4. The molecule has 1 fully saturated rings. The second kappa shape index (κ2) is 9.21. The van der Waals surface area contributed by atoms with Crippen molar-refractivity contribution in [3.05, 3.63) is 83.9 Å². The van der Waals surface area contributed by atoms with E-state index in [9.17, 15) is 9.90 Å². The molecule has 1 aliphatic rings. The van der Waals surface area contributed by atoms with E-state index >= 15 is 0 Å². The molecule has 3 aromatic carbocycles. The molecule has 150 valence electrons. The lowest BCUT2D eigenvalue weighted by Gasteiger charge is -2.35. The van der Waals surface area contributed by atoms with E-state index in [1.165, 1.54) is 16.3 Å². The maximum absolute atomic E-state index is 13.1. The predicted octanol–water partition coefficient (Wildman–Crippen LogP) is 3.70. The van der Waals surface area contributed by atoms with Gasteiger partial charge in [-0.2, -0.15) is 0 Å². The molecule has 4 rings (SSSR count). The highest BCUT2D eigenvalue weighted by atomic mass is 16.3. The van der Waals surface area contributed by atoms with E-state index in [1.807, 2.05) is 42.5 Å². The standard InChI is InChI=1S/C25H28N2O2/c28-23-13-16-27(17-14-23)24(21-7-2-1-3-8-21)25(29)26-15-12-19-10-11-20-6-4-5-9-22(20)18-19/h1-11,18,23-24,28H,12-17H2,(H,26,29). The number of nitrogens with one attached hydrogen (secondary N) is 1. The van der Waals surface area contributed by atoms with E-state index in [-0.39, 0.29) is 18.1 Å². The van der Waals surface area contributed by atoms with Crippen molar-refractivity contribution in [1.82, 2.24) is 10.2 Å². The number of hydrogen-bond acceptors (Lipinski definition) is 3. The van der Waals surface area contributed by atoms with Crippen LogP contribution in [0.15, 0.2) is 72.8 Å². The zero-order valence-corrected chi connectivity index (χ0v) is 16.6. The number of piperidine rings is 1. The summed E-state index contributed by atoms with van der Waals surface area (Å²) in [4.78, 5) is 15.3. The lowest BCUT2D eigenvalue weighted by atomic mass is 9.99. The van der Waals surface area contributed by atoms with Crippen LogP contribution in [0.3, 0.4) is 0 Å². The molecule has 1 aliphatic heterocycles. The van der Waals surface area contributed by atoms with Crippen molar-refractivity contribution in [1.29, 1.82) is 0 Å². The minimum absolute atomic E-state index is 0.0355. The molecule has 0 spiro atoms. The van der Waals surface area contributed by atoms with Crippen LogP contribution in [0.2, 0.25) is 0 Å². The Balaban J connectivity index is 1.42. The fourth-order valence-corrected chi connectivity index (χ4v) is 4.13. The highest BCUT2D eigenvalue weighted by molar-refractivity contribution is 5.84. The van der Waals surface area contributed by atoms with Crippen LogP contribution in [0, 0.1) is 0 Å². The van der Waals surface area contributed by atoms with Crippen molar-refractivity contribution < 1.29 is 9.90 Å². The topological polar surface area (TPSA) is 52.6 Å². The fourth-order valence-electron chi connectivity index (χ4n) is 4.13. The van der Waals surface area contributed by atoms with E-state index in [0.29, 0.717) is 19.4 Å². The van der Waals surface area contributed by atoms with E-state index in [1.54, 1.807) is 0 Å². The summed E-state index contributed by atoms with van der Waals surface area (Å²) < 4.78 is 0. The fraction of sp³-hybridized carbons (Fsp3) is 0.320. The number of likely N-dealkylation sites (tertiary alicyclic amines) is 1. The number of fused-ring (bicyclic) bond motifs is 1. The molecule has 0 radical (unpaired) electrons. The maximum Gasteiger partial charge on any atom is 0.241 e. The third-order valence-electron chi connectivity index (χ3n) is 5.75. The van der Waals surface area contributed by atoms with Gasteiger partial charge < -0.3 is 10.4 Å². The van der Waals surface area contributed by atoms with Gasteiger partial charge in [0.1, 0.15) is 6.04 Å². The Bertz CT molecular complexity index is 949. The quantitative estimate of drug-likeness (QED) is 0.677. The minimum atomic E-state index is -0.305. The van der Waals surface area contributed by atoms with Crippen LogP contribution in [0.1, 0.15) is 30.0 Å². The summed E-state index contributed by atoms with van der Waals surface area (Å²) in [6.07, 6.45) is 1.98. The van der Waals surface area contributed by atoms with Gasteiger partial charge in [0.05, 0.1) is 6.10 Å². The molecule has 1 saturated heterocycles. The SMILES string of the molecule is O=C(NCCc1ccc2ccccc2c1)C(c1ccccc1)N1CCC(O)CC1. The van der Waals surface area contributed by atoms with Gasteiger partial charge in [0.25, 0.3) is 0 Å². The number of aliphatic hydroxyl groups excluding tert-OH is 1. The average molecular weight is 389 g/mol. The summed E-state index contributed by atoms with van der Waals surface area (Å²) in [6, 6.07) is 24.4. The summed E-state index contributed by atoms with van der Waals surface area (Å²) in [6.45, 7) is 2.08. The highest BCUT2D eigenvalue weighted by Crippen LogP contribution is 2.25. The van der Waals surface area contributed by atoms with E-state index < -0.39 is 0 Å². The van der Waals surface area contributed by atoms with Crippen molar-refractivity contribution >= 4 is 16.7 Å². The number of aliphatic hydroxyl groups is 1. The Kier molecular flexibility index (Phi) is 6.23. The number of benzene rings is 3.